The Bertz CT molecular complexity index is 593. The molecule has 3 atom stereocenters. The first kappa shape index (κ1) is 15.3. The number of fused-ring (bicyclic) bond motifs is 1. The first-order valence-corrected chi connectivity index (χ1v) is 8.16. The zero-order valence-corrected chi connectivity index (χ0v) is 13.2. The van der Waals surface area contributed by atoms with Crippen molar-refractivity contribution in [2.45, 2.75) is 38.3 Å². The van der Waals surface area contributed by atoms with Crippen LogP contribution in [0.4, 0.5) is 0 Å². The Balaban J connectivity index is 1.83. The third-order valence-corrected chi connectivity index (χ3v) is 4.89. The molecule has 4 heteroatoms. The second kappa shape index (κ2) is 6.63. The maximum Gasteiger partial charge on any atom is 0.0956 e. The number of aliphatic hydroxyl groups excluding tert-OH is 1. The van der Waals surface area contributed by atoms with Gasteiger partial charge < -0.3 is 15.0 Å². The first-order valence-electron chi connectivity index (χ1n) is 8.16. The number of aromatic nitrogens is 2. The molecule has 1 fully saturated rings. The highest BCUT2D eigenvalue weighted by molar-refractivity contribution is 5.82. The van der Waals surface area contributed by atoms with Crippen molar-refractivity contribution in [2.75, 3.05) is 13.1 Å². The van der Waals surface area contributed by atoms with Gasteiger partial charge in [0.15, 0.2) is 0 Å². The summed E-state index contributed by atoms with van der Waals surface area (Å²) in [5.74, 6) is 0.353. The lowest BCUT2D eigenvalue weighted by molar-refractivity contribution is 0.0751. The van der Waals surface area contributed by atoms with E-state index >= 15 is 0 Å². The zero-order valence-electron chi connectivity index (χ0n) is 13.2. The molecular weight excluding hydrogens is 274 g/mol. The molecule has 118 valence electrons. The van der Waals surface area contributed by atoms with Gasteiger partial charge in [0.2, 0.25) is 0 Å². The molecule has 2 aliphatic heterocycles. The van der Waals surface area contributed by atoms with E-state index in [2.05, 4.69) is 34.4 Å². The van der Waals surface area contributed by atoms with Crippen LogP contribution in [0.1, 0.15) is 37.9 Å². The monoisotopic (exact) mass is 299 g/mol. The van der Waals surface area contributed by atoms with E-state index in [0.717, 1.165) is 38.0 Å². The Labute approximate surface area is 132 Å². The van der Waals surface area contributed by atoms with Gasteiger partial charge in [-0.3, -0.25) is 0 Å². The summed E-state index contributed by atoms with van der Waals surface area (Å²) < 4.78 is 2.18. The Morgan fingerprint density at radius 1 is 1.59 bits per heavy atom. The minimum absolute atomic E-state index is 0.172. The van der Waals surface area contributed by atoms with Crippen LogP contribution in [-0.2, 0) is 0 Å². The highest BCUT2D eigenvalue weighted by Gasteiger charge is 2.34. The van der Waals surface area contributed by atoms with E-state index in [-0.39, 0.29) is 12.1 Å². The van der Waals surface area contributed by atoms with Gasteiger partial charge in [-0.25, -0.2) is 4.98 Å². The maximum absolute atomic E-state index is 10.7. The van der Waals surface area contributed by atoms with Gasteiger partial charge in [0.1, 0.15) is 0 Å². The summed E-state index contributed by atoms with van der Waals surface area (Å²) in [5, 5.41) is 14.1. The van der Waals surface area contributed by atoms with Crippen molar-refractivity contribution in [3.05, 3.63) is 48.6 Å². The molecule has 0 spiro atoms. The summed E-state index contributed by atoms with van der Waals surface area (Å²) in [6.07, 6.45) is 12.5. The second-order valence-corrected chi connectivity index (χ2v) is 6.17. The molecule has 0 radical (unpaired) electrons. The third kappa shape index (κ3) is 2.69. The molecule has 22 heavy (non-hydrogen) atoms. The SMILES string of the molecule is C=C/C=C1\C(=C/C)C(CC(O)C2CCCNC2)n2cncc21. The van der Waals surface area contributed by atoms with Crippen molar-refractivity contribution in [1.82, 2.24) is 14.9 Å². The van der Waals surface area contributed by atoms with Gasteiger partial charge >= 0.3 is 0 Å². The van der Waals surface area contributed by atoms with E-state index in [1.807, 2.05) is 24.7 Å². The third-order valence-electron chi connectivity index (χ3n) is 4.89. The summed E-state index contributed by atoms with van der Waals surface area (Å²) in [6, 6.07) is 0.172. The normalized spacial score (nSPS) is 29.7. The average Bonchev–Trinajstić information content (AvgIpc) is 3.11. The molecule has 2 N–H and O–H groups in total. The topological polar surface area (TPSA) is 50.1 Å². The number of nitrogens with one attached hydrogen (secondary N) is 1. The minimum Gasteiger partial charge on any atom is -0.393 e. The van der Waals surface area contributed by atoms with E-state index in [1.54, 1.807) is 0 Å². The summed E-state index contributed by atoms with van der Waals surface area (Å²) in [5.41, 5.74) is 3.56. The highest BCUT2D eigenvalue weighted by atomic mass is 16.3. The fourth-order valence-corrected chi connectivity index (χ4v) is 3.76. The molecule has 2 aliphatic rings. The molecule has 0 saturated carbocycles. The number of allylic oxidation sites excluding steroid dienone is 5. The lowest BCUT2D eigenvalue weighted by Crippen LogP contribution is -2.37. The quantitative estimate of drug-likeness (QED) is 0.899. The van der Waals surface area contributed by atoms with Crippen LogP contribution in [0.25, 0.3) is 5.57 Å². The standard InChI is InChI=1S/C18H25N3O/c1-3-6-15-14(4-2)16(21-12-20-11-17(15)21)9-18(22)13-7-5-8-19-10-13/h3-4,6,11-13,16,18-19,22H,1,5,7-10H2,2H3/b14-4+,15-6+. The first-order chi connectivity index (χ1) is 10.8. The van der Waals surface area contributed by atoms with Gasteiger partial charge in [-0.05, 0) is 44.2 Å². The van der Waals surface area contributed by atoms with Crippen LogP contribution >= 0.6 is 0 Å². The number of hydrogen-bond donors (Lipinski definition) is 2. The number of aliphatic hydroxyl groups is 1. The van der Waals surface area contributed by atoms with Crippen molar-refractivity contribution in [1.29, 1.82) is 0 Å². The molecule has 1 saturated heterocycles. The van der Waals surface area contributed by atoms with Gasteiger partial charge in [-0.2, -0.15) is 0 Å². The lowest BCUT2D eigenvalue weighted by Gasteiger charge is -2.29. The molecule has 1 aromatic heterocycles. The van der Waals surface area contributed by atoms with Crippen LogP contribution in [0.3, 0.4) is 0 Å². The molecule has 0 aliphatic carbocycles. The largest absolute Gasteiger partial charge is 0.393 e. The van der Waals surface area contributed by atoms with Gasteiger partial charge in [-0.15, -0.1) is 0 Å². The van der Waals surface area contributed by atoms with Crippen LogP contribution in [0.5, 0.6) is 0 Å². The molecule has 4 nitrogen and oxygen atoms in total. The molecule has 0 aromatic carbocycles. The predicted molar refractivity (Wildman–Crippen MR) is 89.4 cm³/mol. The molecule has 3 rings (SSSR count). The molecule has 0 bridgehead atoms. The van der Waals surface area contributed by atoms with E-state index in [1.165, 1.54) is 11.1 Å². The van der Waals surface area contributed by atoms with Crippen LogP contribution < -0.4 is 5.32 Å². The predicted octanol–water partition coefficient (Wildman–Crippen LogP) is 2.70. The van der Waals surface area contributed by atoms with Crippen LogP contribution in [-0.4, -0.2) is 33.9 Å². The van der Waals surface area contributed by atoms with Gasteiger partial charge in [-0.1, -0.05) is 24.8 Å². The van der Waals surface area contributed by atoms with Gasteiger partial charge in [0, 0.05) is 12.1 Å². The van der Waals surface area contributed by atoms with Crippen molar-refractivity contribution >= 4 is 5.57 Å². The average molecular weight is 299 g/mol. The van der Waals surface area contributed by atoms with E-state index in [0.29, 0.717) is 5.92 Å². The molecule has 1 aromatic rings. The Morgan fingerprint density at radius 2 is 2.45 bits per heavy atom. The van der Waals surface area contributed by atoms with E-state index in [4.69, 9.17) is 0 Å². The van der Waals surface area contributed by atoms with Crippen LogP contribution in [0, 0.1) is 5.92 Å². The fourth-order valence-electron chi connectivity index (χ4n) is 3.76. The summed E-state index contributed by atoms with van der Waals surface area (Å²) >= 11 is 0. The molecular formula is C18H25N3O. The minimum atomic E-state index is -0.286. The number of piperidine rings is 1. The maximum atomic E-state index is 10.7. The number of nitrogens with zero attached hydrogens (tertiary/aromatic N) is 2. The Kier molecular flexibility index (Phi) is 4.60. The molecule has 3 unspecified atom stereocenters. The fraction of sp³-hybridized carbons (Fsp3) is 0.500. The van der Waals surface area contributed by atoms with Crippen molar-refractivity contribution in [2.24, 2.45) is 5.92 Å². The smallest absolute Gasteiger partial charge is 0.0956 e. The zero-order chi connectivity index (χ0) is 15.5. The van der Waals surface area contributed by atoms with Crippen LogP contribution in [0.15, 0.2) is 42.9 Å². The Morgan fingerprint density at radius 3 is 3.14 bits per heavy atom. The van der Waals surface area contributed by atoms with E-state index in [9.17, 15) is 5.11 Å². The van der Waals surface area contributed by atoms with Crippen molar-refractivity contribution in [3.63, 3.8) is 0 Å². The van der Waals surface area contributed by atoms with Crippen molar-refractivity contribution in [3.8, 4) is 0 Å². The summed E-state index contributed by atoms with van der Waals surface area (Å²) in [7, 11) is 0. The Hall–Kier alpha value is -1.65. The number of hydrogen-bond acceptors (Lipinski definition) is 3. The summed E-state index contributed by atoms with van der Waals surface area (Å²) in [6.45, 7) is 7.88. The van der Waals surface area contributed by atoms with Gasteiger partial charge in [0.05, 0.1) is 30.4 Å². The van der Waals surface area contributed by atoms with E-state index < -0.39 is 0 Å². The number of imidazole rings is 1. The highest BCUT2D eigenvalue weighted by Crippen LogP contribution is 2.43. The van der Waals surface area contributed by atoms with Crippen molar-refractivity contribution < 1.29 is 5.11 Å². The van der Waals surface area contributed by atoms with Crippen LogP contribution in [0.2, 0.25) is 0 Å². The summed E-state index contributed by atoms with van der Waals surface area (Å²) in [4.78, 5) is 4.28. The second-order valence-electron chi connectivity index (χ2n) is 6.17. The lowest BCUT2D eigenvalue weighted by atomic mass is 9.87. The molecule has 0 amide bonds. The van der Waals surface area contributed by atoms with Gasteiger partial charge in [0.25, 0.3) is 0 Å². The number of rotatable bonds is 4. The molecule has 3 heterocycles.